The molecule has 0 fully saturated rings. The molecule has 1 aliphatic heterocycles. The molecule has 3 aromatic carbocycles. The molecule has 8 nitrogen and oxygen atoms in total. The predicted molar refractivity (Wildman–Crippen MR) is 127 cm³/mol. The lowest BCUT2D eigenvalue weighted by Crippen LogP contribution is -2.29. The zero-order chi connectivity index (χ0) is 29.3. The molecule has 3 aromatic rings. The lowest BCUT2D eigenvalue weighted by atomic mass is 10.1. The van der Waals surface area contributed by atoms with Crippen LogP contribution in [0.3, 0.4) is 0 Å². The number of hydrogen-bond acceptors (Lipinski definition) is 8. The van der Waals surface area contributed by atoms with Crippen molar-refractivity contribution in [1.29, 1.82) is 0 Å². The molecule has 13 heteroatoms. The SMILES string of the molecule is COc1cc(OC)c(OC)cc1/C=C1\Oc2cc(OC(=O)C(C)Oc3c(F)c(F)c(F)c(F)c3F)ccc2C1=O. The minimum Gasteiger partial charge on any atom is -0.496 e. The van der Waals surface area contributed by atoms with Crippen molar-refractivity contribution in [2.75, 3.05) is 21.3 Å². The van der Waals surface area contributed by atoms with Crippen LogP contribution in [0.5, 0.6) is 34.5 Å². The minimum absolute atomic E-state index is 0.0225. The number of esters is 1. The zero-order valence-corrected chi connectivity index (χ0v) is 21.2. The Hall–Kier alpha value is -4.81. The van der Waals surface area contributed by atoms with Crippen LogP contribution in [-0.4, -0.2) is 39.2 Å². The van der Waals surface area contributed by atoms with Crippen LogP contribution in [0, 0.1) is 29.1 Å². The molecule has 1 atom stereocenters. The summed E-state index contributed by atoms with van der Waals surface area (Å²) in [6, 6.07) is 6.88. The Kier molecular flexibility index (Phi) is 7.84. The smallest absolute Gasteiger partial charge is 0.352 e. The number of benzene rings is 3. The van der Waals surface area contributed by atoms with Crippen LogP contribution < -0.4 is 28.4 Å². The van der Waals surface area contributed by atoms with Gasteiger partial charge in [-0.15, -0.1) is 0 Å². The first-order valence-electron chi connectivity index (χ1n) is 11.3. The van der Waals surface area contributed by atoms with Gasteiger partial charge in [0, 0.05) is 17.7 Å². The Morgan fingerprint density at radius 1 is 0.825 bits per heavy atom. The number of fused-ring (bicyclic) bond motifs is 1. The van der Waals surface area contributed by atoms with Gasteiger partial charge in [0.1, 0.15) is 17.2 Å². The summed E-state index contributed by atoms with van der Waals surface area (Å²) >= 11 is 0. The van der Waals surface area contributed by atoms with Gasteiger partial charge in [0.05, 0.1) is 26.9 Å². The summed E-state index contributed by atoms with van der Waals surface area (Å²) in [5, 5.41) is 0. The van der Waals surface area contributed by atoms with E-state index in [9.17, 15) is 31.5 Å². The van der Waals surface area contributed by atoms with E-state index in [-0.39, 0.29) is 22.8 Å². The molecule has 0 aliphatic carbocycles. The number of hydrogen-bond donors (Lipinski definition) is 0. The molecule has 1 heterocycles. The second kappa shape index (κ2) is 11.1. The summed E-state index contributed by atoms with van der Waals surface area (Å²) in [7, 11) is 4.31. The third-order valence-electron chi connectivity index (χ3n) is 5.68. The molecule has 4 rings (SSSR count). The normalized spacial score (nSPS) is 13.9. The molecular weight excluding hydrogens is 547 g/mol. The fourth-order valence-corrected chi connectivity index (χ4v) is 3.65. The van der Waals surface area contributed by atoms with Crippen molar-refractivity contribution in [1.82, 2.24) is 0 Å². The standard InChI is InChI=1S/C27H19F5O8/c1-11(38-26-23(31)21(29)20(28)22(30)24(26)32)27(34)39-13-5-6-14-16(9-13)40-19(25(14)33)8-12-7-17(36-3)18(37-4)10-15(12)35-2/h5-11H,1-4H3/b19-8-. The Bertz CT molecular complexity index is 1520. The maximum absolute atomic E-state index is 13.9. The summed E-state index contributed by atoms with van der Waals surface area (Å²) < 4.78 is 99.1. The Morgan fingerprint density at radius 2 is 1.40 bits per heavy atom. The number of allylic oxidation sites excluding steroid dienone is 1. The predicted octanol–water partition coefficient (Wildman–Crippen LogP) is 5.40. The summed E-state index contributed by atoms with van der Waals surface area (Å²) in [6.45, 7) is 0.977. The van der Waals surface area contributed by atoms with E-state index in [0.29, 0.717) is 22.8 Å². The number of rotatable bonds is 8. The first-order valence-corrected chi connectivity index (χ1v) is 11.3. The maximum atomic E-state index is 13.9. The van der Waals surface area contributed by atoms with Crippen LogP contribution >= 0.6 is 0 Å². The average molecular weight is 566 g/mol. The molecule has 0 radical (unpaired) electrons. The molecule has 0 aromatic heterocycles. The van der Waals surface area contributed by atoms with Crippen molar-refractivity contribution in [2.24, 2.45) is 0 Å². The van der Waals surface area contributed by atoms with Gasteiger partial charge in [-0.25, -0.2) is 18.0 Å². The van der Waals surface area contributed by atoms with Gasteiger partial charge < -0.3 is 28.4 Å². The van der Waals surface area contributed by atoms with E-state index in [1.165, 1.54) is 45.6 Å². The van der Waals surface area contributed by atoms with Crippen molar-refractivity contribution >= 4 is 17.8 Å². The van der Waals surface area contributed by atoms with Crippen molar-refractivity contribution in [2.45, 2.75) is 13.0 Å². The van der Waals surface area contributed by atoms with Gasteiger partial charge in [0.25, 0.3) is 0 Å². The Balaban J connectivity index is 1.53. The Morgan fingerprint density at radius 3 is 2.00 bits per heavy atom. The number of ether oxygens (including phenoxy) is 6. The first kappa shape index (κ1) is 28.2. The lowest BCUT2D eigenvalue weighted by Gasteiger charge is -2.15. The largest absolute Gasteiger partial charge is 0.496 e. The van der Waals surface area contributed by atoms with Gasteiger partial charge in [0.15, 0.2) is 29.1 Å². The molecule has 0 amide bonds. The van der Waals surface area contributed by atoms with Gasteiger partial charge in [0.2, 0.25) is 34.9 Å². The highest BCUT2D eigenvalue weighted by molar-refractivity contribution is 6.14. The lowest BCUT2D eigenvalue weighted by molar-refractivity contribution is -0.141. The van der Waals surface area contributed by atoms with Crippen LogP contribution in [0.25, 0.3) is 6.08 Å². The number of Topliss-reactive ketones (excluding diaryl/α,β-unsaturated/α-hetero) is 1. The van der Waals surface area contributed by atoms with Gasteiger partial charge in [-0.3, -0.25) is 4.79 Å². The molecule has 0 N–H and O–H groups in total. The van der Waals surface area contributed by atoms with E-state index in [2.05, 4.69) is 4.74 Å². The molecule has 40 heavy (non-hydrogen) atoms. The van der Waals surface area contributed by atoms with Gasteiger partial charge >= 0.3 is 5.97 Å². The van der Waals surface area contributed by atoms with Crippen LogP contribution in [0.1, 0.15) is 22.8 Å². The van der Waals surface area contributed by atoms with Gasteiger partial charge in [-0.2, -0.15) is 8.78 Å². The third kappa shape index (κ3) is 5.09. The van der Waals surface area contributed by atoms with Crippen molar-refractivity contribution in [3.05, 3.63) is 76.3 Å². The maximum Gasteiger partial charge on any atom is 0.352 e. The van der Waals surface area contributed by atoms with Crippen LogP contribution in [0.2, 0.25) is 0 Å². The average Bonchev–Trinajstić information content (AvgIpc) is 3.26. The highest BCUT2D eigenvalue weighted by Gasteiger charge is 2.31. The molecule has 1 aliphatic rings. The highest BCUT2D eigenvalue weighted by atomic mass is 19.2. The molecule has 210 valence electrons. The molecule has 0 spiro atoms. The summed E-state index contributed by atoms with van der Waals surface area (Å²) in [5.41, 5.74) is 0.568. The number of halogens is 5. The fourth-order valence-electron chi connectivity index (χ4n) is 3.65. The van der Waals surface area contributed by atoms with E-state index < -0.39 is 52.7 Å². The number of ketones is 1. The van der Waals surface area contributed by atoms with E-state index in [1.54, 1.807) is 12.1 Å². The topological polar surface area (TPSA) is 89.5 Å². The van der Waals surface area contributed by atoms with Crippen LogP contribution in [-0.2, 0) is 4.79 Å². The molecule has 0 saturated heterocycles. The monoisotopic (exact) mass is 566 g/mol. The van der Waals surface area contributed by atoms with Crippen molar-refractivity contribution in [3.63, 3.8) is 0 Å². The quantitative estimate of drug-likeness (QED) is 0.0895. The van der Waals surface area contributed by atoms with Gasteiger partial charge in [-0.05, 0) is 31.2 Å². The second-order valence-electron chi connectivity index (χ2n) is 8.13. The number of methoxy groups -OCH3 is 3. The third-order valence-corrected chi connectivity index (χ3v) is 5.68. The second-order valence-corrected chi connectivity index (χ2v) is 8.13. The van der Waals surface area contributed by atoms with Crippen molar-refractivity contribution in [3.8, 4) is 34.5 Å². The van der Waals surface area contributed by atoms with E-state index in [0.717, 1.165) is 6.92 Å². The summed E-state index contributed by atoms with van der Waals surface area (Å²) in [5.74, 6) is -13.8. The summed E-state index contributed by atoms with van der Waals surface area (Å²) in [4.78, 5) is 25.3. The fraction of sp³-hybridized carbons (Fsp3) is 0.185. The molecular formula is C27H19F5O8. The van der Waals surface area contributed by atoms with E-state index in [4.69, 9.17) is 23.7 Å². The van der Waals surface area contributed by atoms with Gasteiger partial charge in [-0.1, -0.05) is 0 Å². The summed E-state index contributed by atoms with van der Waals surface area (Å²) in [6.07, 6.45) is -0.383. The molecule has 0 bridgehead atoms. The minimum atomic E-state index is -2.37. The van der Waals surface area contributed by atoms with E-state index in [1.807, 2.05) is 0 Å². The van der Waals surface area contributed by atoms with Crippen molar-refractivity contribution < 1.29 is 60.0 Å². The first-order chi connectivity index (χ1) is 19.0. The molecule has 0 saturated carbocycles. The Labute approximate surface area is 223 Å². The number of carbonyl (C=O) groups excluding carboxylic acids is 2. The van der Waals surface area contributed by atoms with Crippen LogP contribution in [0.15, 0.2) is 36.1 Å². The molecule has 1 unspecified atom stereocenters. The zero-order valence-electron chi connectivity index (χ0n) is 21.2. The highest BCUT2D eigenvalue weighted by Crippen LogP contribution is 2.39. The van der Waals surface area contributed by atoms with Crippen LogP contribution in [0.4, 0.5) is 22.0 Å². The number of carbonyl (C=O) groups is 2. The van der Waals surface area contributed by atoms with E-state index >= 15 is 0 Å².